The number of aliphatic hydroxyl groups is 1. The van der Waals surface area contributed by atoms with Crippen molar-refractivity contribution >= 4 is 15.9 Å². The van der Waals surface area contributed by atoms with Gasteiger partial charge >= 0.3 is 0 Å². The van der Waals surface area contributed by atoms with Gasteiger partial charge in [0.25, 0.3) is 5.91 Å². The average molecular weight is 454 g/mol. The van der Waals surface area contributed by atoms with E-state index in [1.807, 2.05) is 0 Å². The van der Waals surface area contributed by atoms with Crippen molar-refractivity contribution in [2.45, 2.75) is 42.4 Å². The van der Waals surface area contributed by atoms with E-state index in [-0.39, 0.29) is 12.0 Å². The normalized spacial score (nSPS) is 21.6. The summed E-state index contributed by atoms with van der Waals surface area (Å²) in [7, 11) is -4.11. The third kappa shape index (κ3) is 6.07. The van der Waals surface area contributed by atoms with E-state index < -0.39 is 45.3 Å². The fourth-order valence-corrected chi connectivity index (χ4v) is 4.83. The van der Waals surface area contributed by atoms with E-state index in [1.54, 1.807) is 0 Å². The third-order valence-electron chi connectivity index (χ3n) is 5.09. The van der Waals surface area contributed by atoms with Crippen LogP contribution in [0.3, 0.4) is 0 Å². The zero-order chi connectivity index (χ0) is 22.4. The Kier molecular flexibility index (Phi) is 7.71. The predicted octanol–water partition coefficient (Wildman–Crippen LogP) is 1.97. The van der Waals surface area contributed by atoms with Gasteiger partial charge in [0.05, 0.1) is 24.9 Å². The highest BCUT2D eigenvalue weighted by atomic mass is 32.2. The monoisotopic (exact) mass is 454 g/mol. The summed E-state index contributed by atoms with van der Waals surface area (Å²) in [5.41, 5.74) is 0.335. The minimum Gasteiger partial charge on any atom is -0.394 e. The standard InChI is InChI=1S/C21H24F2N2O5S/c22-15-7-5-14(6-8-15)21(27)24-12-11-16-9-10-18(19(13-26)30-16)25-31(28,29)20-4-2-1-3-17(20)23/h1-8,16,18-19,25-26H,9-13H2,(H,24,27)/t16-,18-,19+/m0/s1. The molecule has 3 atom stereocenters. The summed E-state index contributed by atoms with van der Waals surface area (Å²) in [6, 6.07) is 9.52. The van der Waals surface area contributed by atoms with Crippen molar-refractivity contribution in [1.29, 1.82) is 0 Å². The lowest BCUT2D eigenvalue weighted by atomic mass is 9.98. The van der Waals surface area contributed by atoms with Gasteiger partial charge in [-0.1, -0.05) is 12.1 Å². The molecule has 0 bridgehead atoms. The second-order valence-corrected chi connectivity index (χ2v) is 8.95. The summed E-state index contributed by atoms with van der Waals surface area (Å²) in [6.45, 7) is -0.118. The Morgan fingerprint density at radius 2 is 1.81 bits per heavy atom. The summed E-state index contributed by atoms with van der Waals surface area (Å²) in [4.78, 5) is 11.6. The van der Waals surface area contributed by atoms with Crippen molar-refractivity contribution in [2.24, 2.45) is 0 Å². The van der Waals surface area contributed by atoms with Gasteiger partial charge in [-0.2, -0.15) is 0 Å². The molecule has 1 heterocycles. The van der Waals surface area contributed by atoms with Crippen molar-refractivity contribution in [3.63, 3.8) is 0 Å². The predicted molar refractivity (Wildman–Crippen MR) is 109 cm³/mol. The molecule has 0 unspecified atom stereocenters. The van der Waals surface area contributed by atoms with Crippen LogP contribution in [0.5, 0.6) is 0 Å². The number of aliphatic hydroxyl groups excluding tert-OH is 1. The SMILES string of the molecule is O=C(NCC[C@@H]1CC[C@H](NS(=O)(=O)c2ccccc2F)[C@@H](CO)O1)c1ccc(F)cc1. The number of amides is 1. The first-order valence-electron chi connectivity index (χ1n) is 9.87. The van der Waals surface area contributed by atoms with Crippen molar-refractivity contribution in [1.82, 2.24) is 10.0 Å². The number of benzene rings is 2. The summed E-state index contributed by atoms with van der Waals surface area (Å²) >= 11 is 0. The Bertz CT molecular complexity index is 1000. The molecule has 0 aromatic heterocycles. The summed E-state index contributed by atoms with van der Waals surface area (Å²) in [5.74, 6) is -1.63. The number of carbonyl (C=O) groups excluding carboxylic acids is 1. The fourth-order valence-electron chi connectivity index (χ4n) is 3.45. The fraction of sp³-hybridized carbons (Fsp3) is 0.381. The van der Waals surface area contributed by atoms with E-state index in [2.05, 4.69) is 10.0 Å². The minimum atomic E-state index is -4.11. The highest BCUT2D eigenvalue weighted by Gasteiger charge is 2.34. The summed E-state index contributed by atoms with van der Waals surface area (Å²) in [5, 5.41) is 12.4. The molecule has 31 heavy (non-hydrogen) atoms. The van der Waals surface area contributed by atoms with Gasteiger partial charge in [0.1, 0.15) is 16.5 Å². The maximum atomic E-state index is 13.9. The van der Waals surface area contributed by atoms with E-state index in [0.29, 0.717) is 31.4 Å². The van der Waals surface area contributed by atoms with Crippen molar-refractivity contribution in [3.05, 3.63) is 65.7 Å². The van der Waals surface area contributed by atoms with Crippen LogP contribution in [0, 0.1) is 11.6 Å². The van der Waals surface area contributed by atoms with E-state index in [0.717, 1.165) is 6.07 Å². The van der Waals surface area contributed by atoms with Crippen LogP contribution in [0.25, 0.3) is 0 Å². The van der Waals surface area contributed by atoms with Crippen LogP contribution >= 0.6 is 0 Å². The van der Waals surface area contributed by atoms with Gasteiger partial charge in [-0.25, -0.2) is 21.9 Å². The molecule has 1 fully saturated rings. The van der Waals surface area contributed by atoms with Gasteiger partial charge < -0.3 is 15.2 Å². The van der Waals surface area contributed by atoms with Gasteiger partial charge in [-0.15, -0.1) is 0 Å². The number of ether oxygens (including phenoxy) is 1. The molecule has 3 N–H and O–H groups in total. The van der Waals surface area contributed by atoms with Crippen LogP contribution in [-0.2, 0) is 14.8 Å². The zero-order valence-electron chi connectivity index (χ0n) is 16.6. The lowest BCUT2D eigenvalue weighted by molar-refractivity contribution is -0.0871. The Morgan fingerprint density at radius 1 is 1.10 bits per heavy atom. The second-order valence-electron chi connectivity index (χ2n) is 7.27. The quantitative estimate of drug-likeness (QED) is 0.566. The van der Waals surface area contributed by atoms with Gasteiger partial charge in [0.2, 0.25) is 10.0 Å². The van der Waals surface area contributed by atoms with Crippen molar-refractivity contribution < 1.29 is 31.8 Å². The largest absolute Gasteiger partial charge is 0.394 e. The van der Waals surface area contributed by atoms with E-state index in [4.69, 9.17) is 4.74 Å². The molecule has 2 aromatic rings. The molecule has 0 aliphatic carbocycles. The summed E-state index contributed by atoms with van der Waals surface area (Å²) in [6.07, 6.45) is 0.243. The molecule has 168 valence electrons. The smallest absolute Gasteiger partial charge is 0.251 e. The van der Waals surface area contributed by atoms with Gasteiger partial charge in [0.15, 0.2) is 0 Å². The number of nitrogens with one attached hydrogen (secondary N) is 2. The van der Waals surface area contributed by atoms with Crippen LogP contribution < -0.4 is 10.0 Å². The molecular weight excluding hydrogens is 430 g/mol. The highest BCUT2D eigenvalue weighted by molar-refractivity contribution is 7.89. The Morgan fingerprint density at radius 3 is 2.48 bits per heavy atom. The molecule has 0 radical (unpaired) electrons. The molecule has 1 aliphatic rings. The Hall–Kier alpha value is -2.40. The first kappa shape index (κ1) is 23.3. The molecule has 1 aliphatic heterocycles. The Balaban J connectivity index is 1.51. The molecule has 7 nitrogen and oxygen atoms in total. The molecular formula is C21H24F2N2O5S. The van der Waals surface area contributed by atoms with Gasteiger partial charge in [0, 0.05) is 12.1 Å². The molecule has 10 heteroatoms. The summed E-state index contributed by atoms with van der Waals surface area (Å²) < 4.78 is 60.0. The van der Waals surface area contributed by atoms with Crippen molar-refractivity contribution in [3.8, 4) is 0 Å². The molecule has 0 saturated carbocycles. The van der Waals surface area contributed by atoms with Crippen LogP contribution in [0.2, 0.25) is 0 Å². The maximum Gasteiger partial charge on any atom is 0.251 e. The van der Waals surface area contributed by atoms with Gasteiger partial charge in [-0.05, 0) is 55.7 Å². The number of halogens is 2. The topological polar surface area (TPSA) is 105 Å². The number of rotatable bonds is 8. The van der Waals surface area contributed by atoms with Gasteiger partial charge in [-0.3, -0.25) is 4.79 Å². The third-order valence-corrected chi connectivity index (χ3v) is 6.61. The second kappa shape index (κ2) is 10.3. The van der Waals surface area contributed by atoms with E-state index >= 15 is 0 Å². The van der Waals surface area contributed by atoms with Crippen molar-refractivity contribution in [2.75, 3.05) is 13.2 Å². The Labute approximate surface area is 179 Å². The van der Waals surface area contributed by atoms with E-state index in [1.165, 1.54) is 42.5 Å². The molecule has 1 saturated heterocycles. The van der Waals surface area contributed by atoms with Crippen LogP contribution in [-0.4, -0.2) is 50.8 Å². The number of carbonyl (C=O) groups is 1. The highest BCUT2D eigenvalue weighted by Crippen LogP contribution is 2.24. The lowest BCUT2D eigenvalue weighted by Gasteiger charge is -2.36. The number of hydrogen-bond acceptors (Lipinski definition) is 5. The molecule has 1 amide bonds. The maximum absolute atomic E-state index is 13.9. The molecule has 2 aromatic carbocycles. The van der Waals surface area contributed by atoms with E-state index in [9.17, 15) is 27.1 Å². The van der Waals surface area contributed by atoms with Crippen LogP contribution in [0.1, 0.15) is 29.6 Å². The number of sulfonamides is 1. The number of hydrogen-bond donors (Lipinski definition) is 3. The average Bonchev–Trinajstić information content (AvgIpc) is 2.75. The minimum absolute atomic E-state index is 0.292. The zero-order valence-corrected chi connectivity index (χ0v) is 17.4. The van der Waals surface area contributed by atoms with Crippen LogP contribution in [0.4, 0.5) is 8.78 Å². The molecule has 0 spiro atoms. The first-order valence-corrected chi connectivity index (χ1v) is 11.4. The lowest BCUT2D eigenvalue weighted by Crippen LogP contribution is -2.51. The van der Waals surface area contributed by atoms with Crippen LogP contribution in [0.15, 0.2) is 53.4 Å². The molecule has 3 rings (SSSR count). The first-order chi connectivity index (χ1) is 14.8.